The molecular formula is C20H22N2O2S. The average Bonchev–Trinajstić information content (AvgIpc) is 2.64. The number of amides is 1. The van der Waals surface area contributed by atoms with Crippen LogP contribution < -0.4 is 5.32 Å². The fraction of sp³-hybridized carbons (Fsp3) is 0.300. The van der Waals surface area contributed by atoms with E-state index in [-0.39, 0.29) is 18.1 Å². The van der Waals surface area contributed by atoms with Crippen LogP contribution in [0.1, 0.15) is 31.2 Å². The number of rotatable bonds is 5. The Hall–Kier alpha value is -2.11. The first kappa shape index (κ1) is 17.7. The normalized spacial score (nSPS) is 20.5. The average molecular weight is 354 g/mol. The van der Waals surface area contributed by atoms with Gasteiger partial charge in [0.2, 0.25) is 5.91 Å². The molecule has 1 heterocycles. The number of benzene rings is 1. The van der Waals surface area contributed by atoms with Crippen LogP contribution in [0.25, 0.3) is 6.08 Å². The molecule has 0 aliphatic heterocycles. The summed E-state index contributed by atoms with van der Waals surface area (Å²) in [5, 5.41) is 13.4. The summed E-state index contributed by atoms with van der Waals surface area (Å²) in [6, 6.07) is 14.0. The molecule has 2 N–H and O–H groups in total. The van der Waals surface area contributed by atoms with Crippen LogP contribution in [-0.4, -0.2) is 28.1 Å². The fourth-order valence-electron chi connectivity index (χ4n) is 2.85. The summed E-state index contributed by atoms with van der Waals surface area (Å²) in [6.45, 7) is 0. The highest BCUT2D eigenvalue weighted by molar-refractivity contribution is 7.99. The van der Waals surface area contributed by atoms with Gasteiger partial charge in [0.25, 0.3) is 0 Å². The SMILES string of the molecule is O=C(/C=C/c1cccnc1Sc1ccccc1)NC1CCC(O)CC1. The van der Waals surface area contributed by atoms with Gasteiger partial charge < -0.3 is 10.4 Å². The summed E-state index contributed by atoms with van der Waals surface area (Å²) in [4.78, 5) is 17.7. The lowest BCUT2D eigenvalue weighted by molar-refractivity contribution is -0.117. The van der Waals surface area contributed by atoms with Gasteiger partial charge in [-0.05, 0) is 50.0 Å². The molecule has 0 bridgehead atoms. The fourth-order valence-corrected chi connectivity index (χ4v) is 3.73. The molecule has 130 valence electrons. The molecule has 2 aromatic rings. The maximum atomic E-state index is 12.1. The Labute approximate surface area is 152 Å². The highest BCUT2D eigenvalue weighted by Gasteiger charge is 2.19. The lowest BCUT2D eigenvalue weighted by atomic mass is 9.93. The molecule has 1 saturated carbocycles. The standard InChI is InChI=1S/C20H22N2O2S/c23-17-11-9-16(10-12-17)22-19(24)13-8-15-5-4-14-21-20(15)25-18-6-2-1-3-7-18/h1-8,13-14,16-17,23H,9-12H2,(H,22,24)/b13-8+. The lowest BCUT2D eigenvalue weighted by Crippen LogP contribution is -2.37. The van der Waals surface area contributed by atoms with Crippen LogP contribution >= 0.6 is 11.8 Å². The Morgan fingerprint density at radius 2 is 1.88 bits per heavy atom. The van der Waals surface area contributed by atoms with E-state index >= 15 is 0 Å². The zero-order chi connectivity index (χ0) is 17.5. The molecule has 1 aliphatic carbocycles. The lowest BCUT2D eigenvalue weighted by Gasteiger charge is -2.25. The number of carbonyl (C=O) groups excluding carboxylic acids is 1. The molecule has 1 fully saturated rings. The monoisotopic (exact) mass is 354 g/mol. The van der Waals surface area contributed by atoms with E-state index in [0.717, 1.165) is 41.2 Å². The number of aliphatic hydroxyl groups is 1. The van der Waals surface area contributed by atoms with Gasteiger partial charge in [-0.25, -0.2) is 4.98 Å². The molecule has 5 heteroatoms. The van der Waals surface area contributed by atoms with Crippen LogP contribution in [0.5, 0.6) is 0 Å². The van der Waals surface area contributed by atoms with E-state index in [2.05, 4.69) is 10.3 Å². The van der Waals surface area contributed by atoms with Crippen molar-refractivity contribution >= 4 is 23.7 Å². The van der Waals surface area contributed by atoms with Crippen LogP contribution in [0.3, 0.4) is 0 Å². The maximum absolute atomic E-state index is 12.1. The second kappa shape index (κ2) is 8.83. The van der Waals surface area contributed by atoms with Crippen LogP contribution in [0.2, 0.25) is 0 Å². The molecule has 1 aliphatic rings. The van der Waals surface area contributed by atoms with E-state index in [1.54, 1.807) is 24.0 Å². The summed E-state index contributed by atoms with van der Waals surface area (Å²) in [5.41, 5.74) is 0.922. The summed E-state index contributed by atoms with van der Waals surface area (Å²) in [6.07, 6.45) is 8.12. The Morgan fingerprint density at radius 1 is 1.12 bits per heavy atom. The molecule has 25 heavy (non-hydrogen) atoms. The number of hydrogen-bond donors (Lipinski definition) is 2. The van der Waals surface area contributed by atoms with Crippen molar-refractivity contribution in [3.63, 3.8) is 0 Å². The predicted octanol–water partition coefficient (Wildman–Crippen LogP) is 3.67. The third-order valence-corrected chi connectivity index (χ3v) is 5.26. The number of hydrogen-bond acceptors (Lipinski definition) is 4. The first-order valence-corrected chi connectivity index (χ1v) is 9.37. The van der Waals surface area contributed by atoms with Gasteiger partial charge >= 0.3 is 0 Å². The van der Waals surface area contributed by atoms with Gasteiger partial charge in [-0.3, -0.25) is 4.79 Å². The van der Waals surface area contributed by atoms with Gasteiger partial charge in [-0.15, -0.1) is 0 Å². The van der Waals surface area contributed by atoms with E-state index in [9.17, 15) is 9.90 Å². The summed E-state index contributed by atoms with van der Waals surface area (Å²) in [5.74, 6) is -0.0964. The highest BCUT2D eigenvalue weighted by Crippen LogP contribution is 2.28. The van der Waals surface area contributed by atoms with Gasteiger partial charge in [0.15, 0.2) is 0 Å². The van der Waals surface area contributed by atoms with Crippen LogP contribution in [0.4, 0.5) is 0 Å². The zero-order valence-corrected chi connectivity index (χ0v) is 14.8. The molecule has 0 atom stereocenters. The Morgan fingerprint density at radius 3 is 2.64 bits per heavy atom. The number of nitrogens with zero attached hydrogens (tertiary/aromatic N) is 1. The number of aromatic nitrogens is 1. The molecule has 1 amide bonds. The minimum absolute atomic E-state index is 0.0964. The number of carbonyl (C=O) groups is 1. The van der Waals surface area contributed by atoms with Gasteiger partial charge in [-0.2, -0.15) is 0 Å². The topological polar surface area (TPSA) is 62.2 Å². The Balaban J connectivity index is 1.62. The number of pyridine rings is 1. The molecule has 1 aromatic heterocycles. The second-order valence-electron chi connectivity index (χ2n) is 6.16. The molecule has 0 spiro atoms. The van der Waals surface area contributed by atoms with Crippen molar-refractivity contribution in [1.82, 2.24) is 10.3 Å². The van der Waals surface area contributed by atoms with E-state index in [1.165, 1.54) is 0 Å². The van der Waals surface area contributed by atoms with Crippen molar-refractivity contribution in [1.29, 1.82) is 0 Å². The second-order valence-corrected chi connectivity index (χ2v) is 7.22. The molecule has 0 radical (unpaired) electrons. The number of aliphatic hydroxyl groups excluding tert-OH is 1. The smallest absolute Gasteiger partial charge is 0.244 e. The molecular weight excluding hydrogens is 332 g/mol. The Bertz CT molecular complexity index is 725. The minimum atomic E-state index is -0.211. The van der Waals surface area contributed by atoms with E-state index < -0.39 is 0 Å². The van der Waals surface area contributed by atoms with Crippen molar-refractivity contribution in [3.8, 4) is 0 Å². The summed E-state index contributed by atoms with van der Waals surface area (Å²) < 4.78 is 0. The Kier molecular flexibility index (Phi) is 6.25. The summed E-state index contributed by atoms with van der Waals surface area (Å²) in [7, 11) is 0. The van der Waals surface area contributed by atoms with Gasteiger partial charge in [-0.1, -0.05) is 36.0 Å². The third kappa shape index (κ3) is 5.44. The van der Waals surface area contributed by atoms with Crippen LogP contribution in [0, 0.1) is 0 Å². The number of nitrogens with one attached hydrogen (secondary N) is 1. The zero-order valence-electron chi connectivity index (χ0n) is 14.0. The minimum Gasteiger partial charge on any atom is -0.393 e. The van der Waals surface area contributed by atoms with E-state index in [0.29, 0.717) is 0 Å². The first-order valence-electron chi connectivity index (χ1n) is 8.55. The summed E-state index contributed by atoms with van der Waals surface area (Å²) >= 11 is 1.58. The molecule has 0 saturated heterocycles. The predicted molar refractivity (Wildman–Crippen MR) is 100 cm³/mol. The largest absolute Gasteiger partial charge is 0.393 e. The highest BCUT2D eigenvalue weighted by atomic mass is 32.2. The maximum Gasteiger partial charge on any atom is 0.244 e. The van der Waals surface area contributed by atoms with E-state index in [4.69, 9.17) is 0 Å². The van der Waals surface area contributed by atoms with Crippen molar-refractivity contribution in [2.24, 2.45) is 0 Å². The van der Waals surface area contributed by atoms with Crippen molar-refractivity contribution in [3.05, 3.63) is 60.3 Å². The van der Waals surface area contributed by atoms with Crippen LogP contribution in [0.15, 0.2) is 64.7 Å². The van der Waals surface area contributed by atoms with Gasteiger partial charge in [0.05, 0.1) is 6.10 Å². The van der Waals surface area contributed by atoms with Gasteiger partial charge in [0, 0.05) is 28.8 Å². The molecule has 1 aromatic carbocycles. The first-order chi connectivity index (χ1) is 12.2. The molecule has 3 rings (SSSR count). The van der Waals surface area contributed by atoms with Gasteiger partial charge in [0.1, 0.15) is 5.03 Å². The quantitative estimate of drug-likeness (QED) is 0.804. The van der Waals surface area contributed by atoms with Crippen LogP contribution in [-0.2, 0) is 4.79 Å². The molecule has 0 unspecified atom stereocenters. The van der Waals surface area contributed by atoms with E-state index in [1.807, 2.05) is 48.5 Å². The third-order valence-electron chi connectivity index (χ3n) is 4.22. The van der Waals surface area contributed by atoms with Crippen molar-refractivity contribution in [2.75, 3.05) is 0 Å². The van der Waals surface area contributed by atoms with Crippen molar-refractivity contribution in [2.45, 2.75) is 47.8 Å². The van der Waals surface area contributed by atoms with Crippen molar-refractivity contribution < 1.29 is 9.90 Å². The molecule has 4 nitrogen and oxygen atoms in total.